The zero-order chi connectivity index (χ0) is 11.0. The van der Waals surface area contributed by atoms with Crippen molar-refractivity contribution >= 4 is 5.69 Å². The van der Waals surface area contributed by atoms with E-state index in [0.717, 1.165) is 32.5 Å². The van der Waals surface area contributed by atoms with Crippen molar-refractivity contribution < 1.29 is 0 Å². The van der Waals surface area contributed by atoms with E-state index in [9.17, 15) is 0 Å². The van der Waals surface area contributed by atoms with Gasteiger partial charge in [-0.1, -0.05) is 6.07 Å². The van der Waals surface area contributed by atoms with Crippen LogP contribution in [0.2, 0.25) is 0 Å². The van der Waals surface area contributed by atoms with E-state index < -0.39 is 0 Å². The van der Waals surface area contributed by atoms with Crippen molar-refractivity contribution in [3.05, 3.63) is 28.8 Å². The van der Waals surface area contributed by atoms with Crippen molar-refractivity contribution in [1.82, 2.24) is 5.01 Å². The molecule has 0 atom stereocenters. The Kier molecular flexibility index (Phi) is 2.58. The Morgan fingerprint density at radius 1 is 1.00 bits per heavy atom. The first kappa shape index (κ1) is 10.1. The van der Waals surface area contributed by atoms with E-state index in [4.69, 9.17) is 5.84 Å². The van der Waals surface area contributed by atoms with Crippen LogP contribution >= 0.6 is 0 Å². The van der Waals surface area contributed by atoms with Crippen LogP contribution < -0.4 is 11.2 Å². The van der Waals surface area contributed by atoms with E-state index in [1.54, 1.807) is 0 Å². The number of hydrogen-bond donors (Lipinski definition) is 2. The van der Waals surface area contributed by atoms with E-state index in [2.05, 4.69) is 17.4 Å². The third-order valence-electron chi connectivity index (χ3n) is 3.70. The third-order valence-corrected chi connectivity index (χ3v) is 3.70. The first-order valence-corrected chi connectivity index (χ1v) is 6.21. The zero-order valence-corrected chi connectivity index (χ0v) is 9.63. The van der Waals surface area contributed by atoms with Gasteiger partial charge in [-0.3, -0.25) is 5.84 Å². The van der Waals surface area contributed by atoms with Crippen LogP contribution in [0.25, 0.3) is 0 Å². The summed E-state index contributed by atoms with van der Waals surface area (Å²) in [5.41, 5.74) is 5.85. The standard InChI is InChI=1S/C13H19N3/c14-16-6-3-10-8-12-2-1-5-15-13(12)9-11(10)4-7-16/h8-9,15H,1-7,14H2. The Hall–Kier alpha value is -1.06. The van der Waals surface area contributed by atoms with Gasteiger partial charge in [0.2, 0.25) is 0 Å². The van der Waals surface area contributed by atoms with E-state index >= 15 is 0 Å². The Morgan fingerprint density at radius 3 is 2.56 bits per heavy atom. The molecule has 0 radical (unpaired) electrons. The van der Waals surface area contributed by atoms with Crippen molar-refractivity contribution in [2.45, 2.75) is 25.7 Å². The second-order valence-electron chi connectivity index (χ2n) is 4.84. The van der Waals surface area contributed by atoms with Crippen LogP contribution in [0.3, 0.4) is 0 Å². The Morgan fingerprint density at radius 2 is 1.75 bits per heavy atom. The van der Waals surface area contributed by atoms with Crippen molar-refractivity contribution in [2.24, 2.45) is 5.84 Å². The Labute approximate surface area is 96.6 Å². The van der Waals surface area contributed by atoms with Gasteiger partial charge in [-0.05, 0) is 48.4 Å². The summed E-state index contributed by atoms with van der Waals surface area (Å²) in [6, 6.07) is 4.75. The molecule has 3 heteroatoms. The maximum Gasteiger partial charge on any atom is 0.0375 e. The van der Waals surface area contributed by atoms with E-state index in [0.29, 0.717) is 0 Å². The Balaban J connectivity index is 1.97. The molecular formula is C13H19N3. The molecule has 0 amide bonds. The van der Waals surface area contributed by atoms with Crippen molar-refractivity contribution in [3.63, 3.8) is 0 Å². The highest BCUT2D eigenvalue weighted by atomic mass is 15.4. The highest BCUT2D eigenvalue weighted by molar-refractivity contribution is 5.57. The van der Waals surface area contributed by atoms with Crippen molar-refractivity contribution in [1.29, 1.82) is 0 Å². The number of nitrogens with one attached hydrogen (secondary N) is 1. The quantitative estimate of drug-likeness (QED) is 0.644. The summed E-state index contributed by atoms with van der Waals surface area (Å²) in [6.45, 7) is 3.08. The maximum atomic E-state index is 5.89. The topological polar surface area (TPSA) is 41.3 Å². The molecule has 0 unspecified atom stereocenters. The molecule has 2 aliphatic rings. The molecule has 0 aliphatic carbocycles. The summed E-state index contributed by atoms with van der Waals surface area (Å²) in [4.78, 5) is 0. The third kappa shape index (κ3) is 1.81. The SMILES string of the molecule is NN1CCc2cc3c(cc2CC1)NCCC3. The lowest BCUT2D eigenvalue weighted by atomic mass is 9.94. The minimum absolute atomic E-state index is 0.978. The lowest BCUT2D eigenvalue weighted by Crippen LogP contribution is -2.33. The molecule has 0 saturated heterocycles. The smallest absolute Gasteiger partial charge is 0.0375 e. The van der Waals surface area contributed by atoms with Gasteiger partial charge in [0.15, 0.2) is 0 Å². The summed E-state index contributed by atoms with van der Waals surface area (Å²) in [6.07, 6.45) is 4.66. The molecule has 16 heavy (non-hydrogen) atoms. The predicted octanol–water partition coefficient (Wildman–Crippen LogP) is 1.32. The summed E-state index contributed by atoms with van der Waals surface area (Å²) in [5, 5.41) is 5.44. The fourth-order valence-corrected chi connectivity index (χ4v) is 2.72. The molecule has 1 aromatic carbocycles. The van der Waals surface area contributed by atoms with Crippen LogP contribution in [-0.2, 0) is 19.3 Å². The van der Waals surface area contributed by atoms with E-state index in [-0.39, 0.29) is 0 Å². The molecular weight excluding hydrogens is 198 g/mol. The van der Waals surface area contributed by atoms with Gasteiger partial charge >= 0.3 is 0 Å². The lowest BCUT2D eigenvalue weighted by Gasteiger charge is -2.20. The van der Waals surface area contributed by atoms with Gasteiger partial charge in [-0.2, -0.15) is 0 Å². The van der Waals surface area contributed by atoms with Gasteiger partial charge in [0.1, 0.15) is 0 Å². The van der Waals surface area contributed by atoms with Crippen LogP contribution in [0, 0.1) is 0 Å². The molecule has 3 rings (SSSR count). The number of rotatable bonds is 0. The molecule has 2 aliphatic heterocycles. The van der Waals surface area contributed by atoms with Gasteiger partial charge in [0.05, 0.1) is 0 Å². The molecule has 0 bridgehead atoms. The summed E-state index contributed by atoms with van der Waals surface area (Å²) in [5.74, 6) is 5.89. The number of anilines is 1. The van der Waals surface area contributed by atoms with Gasteiger partial charge in [0, 0.05) is 25.3 Å². The first-order chi connectivity index (χ1) is 7.83. The van der Waals surface area contributed by atoms with Crippen LogP contribution in [-0.4, -0.2) is 24.6 Å². The molecule has 3 N–H and O–H groups in total. The largest absolute Gasteiger partial charge is 0.385 e. The van der Waals surface area contributed by atoms with Crippen LogP contribution in [0.1, 0.15) is 23.1 Å². The number of hydrogen-bond acceptors (Lipinski definition) is 3. The molecule has 1 aromatic rings. The molecule has 0 spiro atoms. The Bertz CT molecular complexity index is 363. The molecule has 0 saturated carbocycles. The van der Waals surface area contributed by atoms with E-state index in [1.807, 2.05) is 5.01 Å². The molecule has 3 nitrogen and oxygen atoms in total. The van der Waals surface area contributed by atoms with Crippen LogP contribution in [0.4, 0.5) is 5.69 Å². The monoisotopic (exact) mass is 217 g/mol. The fraction of sp³-hybridized carbons (Fsp3) is 0.538. The second kappa shape index (κ2) is 4.07. The highest BCUT2D eigenvalue weighted by Crippen LogP contribution is 2.27. The summed E-state index contributed by atoms with van der Waals surface area (Å²) >= 11 is 0. The number of nitrogens with two attached hydrogens (primary N) is 1. The number of hydrazine groups is 1. The van der Waals surface area contributed by atoms with Gasteiger partial charge in [-0.25, -0.2) is 5.01 Å². The molecule has 0 aromatic heterocycles. The zero-order valence-electron chi connectivity index (χ0n) is 9.63. The fourth-order valence-electron chi connectivity index (χ4n) is 2.72. The average Bonchev–Trinajstić information content (AvgIpc) is 2.49. The minimum Gasteiger partial charge on any atom is -0.385 e. The number of aryl methyl sites for hydroxylation is 1. The normalized spacial score (nSPS) is 20.6. The minimum atomic E-state index is 0.978. The van der Waals surface area contributed by atoms with E-state index in [1.165, 1.54) is 35.2 Å². The average molecular weight is 217 g/mol. The van der Waals surface area contributed by atoms with Gasteiger partial charge in [0.25, 0.3) is 0 Å². The van der Waals surface area contributed by atoms with Crippen LogP contribution in [0.15, 0.2) is 12.1 Å². The molecule has 2 heterocycles. The summed E-state index contributed by atoms with van der Waals surface area (Å²) < 4.78 is 0. The van der Waals surface area contributed by atoms with Crippen molar-refractivity contribution in [2.75, 3.05) is 25.0 Å². The summed E-state index contributed by atoms with van der Waals surface area (Å²) in [7, 11) is 0. The van der Waals surface area contributed by atoms with Crippen LogP contribution in [0.5, 0.6) is 0 Å². The predicted molar refractivity (Wildman–Crippen MR) is 66.4 cm³/mol. The number of benzene rings is 1. The molecule has 86 valence electrons. The highest BCUT2D eigenvalue weighted by Gasteiger charge is 2.16. The second-order valence-corrected chi connectivity index (χ2v) is 4.84. The number of fused-ring (bicyclic) bond motifs is 2. The maximum absolute atomic E-state index is 5.89. The first-order valence-electron chi connectivity index (χ1n) is 6.21. The van der Waals surface area contributed by atoms with Gasteiger partial charge in [-0.15, -0.1) is 0 Å². The lowest BCUT2D eigenvalue weighted by molar-refractivity contribution is 0.298. The molecule has 0 fully saturated rings. The number of nitrogens with zero attached hydrogens (tertiary/aromatic N) is 1. The van der Waals surface area contributed by atoms with Gasteiger partial charge < -0.3 is 5.32 Å². The van der Waals surface area contributed by atoms with Crippen molar-refractivity contribution in [3.8, 4) is 0 Å².